The van der Waals surface area contributed by atoms with Gasteiger partial charge >= 0.3 is 0 Å². The quantitative estimate of drug-likeness (QED) is 0.789. The van der Waals surface area contributed by atoms with Crippen molar-refractivity contribution in [2.45, 2.75) is 6.42 Å². The molecule has 6 heteroatoms. The Morgan fingerprint density at radius 2 is 2.19 bits per heavy atom. The van der Waals surface area contributed by atoms with Crippen LogP contribution in [0.1, 0.15) is 16.8 Å². The monoisotopic (exact) mass is 260 g/mol. The molecule has 0 spiro atoms. The average Bonchev–Trinajstić information content (AvgIpc) is 2.75. The van der Waals surface area contributed by atoms with Crippen molar-refractivity contribution in [2.24, 2.45) is 0 Å². The fraction of sp³-hybridized carbons (Fsp3) is 0.300. The summed E-state index contributed by atoms with van der Waals surface area (Å²) in [6.45, 7) is 1.10. The molecule has 0 aliphatic carbocycles. The Labute approximate surface area is 103 Å². The minimum absolute atomic E-state index is 0.205. The molecule has 86 valence electrons. The minimum Gasteiger partial charge on any atom is -0.399 e. The first-order chi connectivity index (χ1) is 7.59. The zero-order chi connectivity index (χ0) is 11.7. The van der Waals surface area contributed by atoms with Gasteiger partial charge in [0.25, 0.3) is 5.91 Å². The largest absolute Gasteiger partial charge is 0.399 e. The SMILES string of the molecule is Nc1cc(Cl)c(Cl)c(C(=O)N2CCCO2)c1. The molecule has 1 heterocycles. The van der Waals surface area contributed by atoms with E-state index in [4.69, 9.17) is 33.8 Å². The van der Waals surface area contributed by atoms with Gasteiger partial charge in [0.2, 0.25) is 0 Å². The zero-order valence-corrected chi connectivity index (χ0v) is 9.88. The number of anilines is 1. The smallest absolute Gasteiger partial charge is 0.279 e. The topological polar surface area (TPSA) is 55.6 Å². The van der Waals surface area contributed by atoms with Gasteiger partial charge in [0.1, 0.15) is 0 Å². The van der Waals surface area contributed by atoms with Gasteiger partial charge in [0.05, 0.1) is 28.8 Å². The van der Waals surface area contributed by atoms with Crippen molar-refractivity contribution in [3.05, 3.63) is 27.7 Å². The number of nitrogens with zero attached hydrogens (tertiary/aromatic N) is 1. The third kappa shape index (κ3) is 2.09. The van der Waals surface area contributed by atoms with Crippen molar-refractivity contribution < 1.29 is 9.63 Å². The normalized spacial score (nSPS) is 15.5. The molecule has 1 saturated heterocycles. The molecular formula is C10H10Cl2N2O2. The molecule has 0 bridgehead atoms. The van der Waals surface area contributed by atoms with Crippen LogP contribution in [0.3, 0.4) is 0 Å². The lowest BCUT2D eigenvalue weighted by Crippen LogP contribution is -2.26. The highest BCUT2D eigenvalue weighted by atomic mass is 35.5. The summed E-state index contributed by atoms with van der Waals surface area (Å²) in [5.74, 6) is -0.309. The number of hydrogen-bond acceptors (Lipinski definition) is 3. The zero-order valence-electron chi connectivity index (χ0n) is 8.37. The predicted octanol–water partition coefficient (Wildman–Crippen LogP) is 2.35. The van der Waals surface area contributed by atoms with Crippen LogP contribution in [0.15, 0.2) is 12.1 Å². The molecule has 1 aliphatic heterocycles. The van der Waals surface area contributed by atoms with Gasteiger partial charge in [-0.1, -0.05) is 23.2 Å². The van der Waals surface area contributed by atoms with Crippen molar-refractivity contribution in [1.29, 1.82) is 0 Å². The van der Waals surface area contributed by atoms with Gasteiger partial charge in [-0.3, -0.25) is 9.63 Å². The summed E-state index contributed by atoms with van der Waals surface area (Å²) in [4.78, 5) is 17.1. The molecule has 0 aromatic heterocycles. The van der Waals surface area contributed by atoms with Crippen LogP contribution in [0.4, 0.5) is 5.69 Å². The molecule has 16 heavy (non-hydrogen) atoms. The maximum atomic E-state index is 12.0. The summed E-state index contributed by atoms with van der Waals surface area (Å²) < 4.78 is 0. The van der Waals surface area contributed by atoms with Crippen LogP contribution in [0, 0.1) is 0 Å². The molecular weight excluding hydrogens is 251 g/mol. The average molecular weight is 261 g/mol. The maximum absolute atomic E-state index is 12.0. The second-order valence-electron chi connectivity index (χ2n) is 3.46. The van der Waals surface area contributed by atoms with Gasteiger partial charge in [-0.15, -0.1) is 0 Å². The number of carbonyl (C=O) groups is 1. The number of rotatable bonds is 1. The Morgan fingerprint density at radius 1 is 1.44 bits per heavy atom. The fourth-order valence-electron chi connectivity index (χ4n) is 1.51. The number of nitrogen functional groups attached to an aromatic ring is 1. The summed E-state index contributed by atoms with van der Waals surface area (Å²) >= 11 is 11.8. The van der Waals surface area contributed by atoms with E-state index in [0.29, 0.717) is 18.8 Å². The highest BCUT2D eigenvalue weighted by molar-refractivity contribution is 6.44. The molecule has 1 aromatic rings. The molecule has 2 rings (SSSR count). The van der Waals surface area contributed by atoms with E-state index in [1.165, 1.54) is 17.2 Å². The third-order valence-electron chi connectivity index (χ3n) is 2.26. The van der Waals surface area contributed by atoms with Crippen LogP contribution in [-0.2, 0) is 4.84 Å². The van der Waals surface area contributed by atoms with E-state index < -0.39 is 0 Å². The number of benzene rings is 1. The summed E-state index contributed by atoms with van der Waals surface area (Å²) in [6.07, 6.45) is 0.819. The molecule has 1 amide bonds. The Kier molecular flexibility index (Phi) is 3.23. The van der Waals surface area contributed by atoms with E-state index in [9.17, 15) is 4.79 Å². The molecule has 2 N–H and O–H groups in total. The summed E-state index contributed by atoms with van der Waals surface area (Å²) in [6, 6.07) is 3.00. The lowest BCUT2D eigenvalue weighted by molar-refractivity contribution is -0.0768. The van der Waals surface area contributed by atoms with Crippen molar-refractivity contribution in [1.82, 2.24) is 5.06 Å². The van der Waals surface area contributed by atoms with E-state index in [1.54, 1.807) is 0 Å². The second kappa shape index (κ2) is 4.49. The van der Waals surface area contributed by atoms with Gasteiger partial charge in [-0.25, -0.2) is 5.06 Å². The van der Waals surface area contributed by atoms with Gasteiger partial charge in [-0.2, -0.15) is 0 Å². The molecule has 4 nitrogen and oxygen atoms in total. The van der Waals surface area contributed by atoms with Crippen molar-refractivity contribution >= 4 is 34.8 Å². The van der Waals surface area contributed by atoms with Crippen LogP contribution in [0.25, 0.3) is 0 Å². The first-order valence-electron chi connectivity index (χ1n) is 4.79. The summed E-state index contributed by atoms with van der Waals surface area (Å²) in [5, 5.41) is 1.75. The van der Waals surface area contributed by atoms with Crippen LogP contribution >= 0.6 is 23.2 Å². The fourth-order valence-corrected chi connectivity index (χ4v) is 1.93. The number of amides is 1. The van der Waals surface area contributed by atoms with E-state index in [1.807, 2.05) is 0 Å². The number of hydrogen-bond donors (Lipinski definition) is 1. The molecule has 1 fully saturated rings. The standard InChI is InChI=1S/C10H10Cl2N2O2/c11-8-5-6(13)4-7(9(8)12)10(15)14-2-1-3-16-14/h4-5H,1-3,13H2. The van der Waals surface area contributed by atoms with Gasteiger partial charge in [0, 0.05) is 5.69 Å². The lowest BCUT2D eigenvalue weighted by atomic mass is 10.2. The van der Waals surface area contributed by atoms with Gasteiger partial charge in [-0.05, 0) is 18.6 Å². The summed E-state index contributed by atoms with van der Waals surface area (Å²) in [7, 11) is 0. The number of carbonyl (C=O) groups excluding carboxylic acids is 1. The Hall–Kier alpha value is -0.970. The van der Waals surface area contributed by atoms with E-state index in [2.05, 4.69) is 0 Å². The molecule has 0 saturated carbocycles. The van der Waals surface area contributed by atoms with Crippen molar-refractivity contribution in [2.75, 3.05) is 18.9 Å². The molecule has 1 aromatic carbocycles. The molecule has 1 aliphatic rings. The first-order valence-corrected chi connectivity index (χ1v) is 5.54. The van der Waals surface area contributed by atoms with Crippen LogP contribution in [0.5, 0.6) is 0 Å². The summed E-state index contributed by atoms with van der Waals surface area (Å²) in [5.41, 5.74) is 6.28. The van der Waals surface area contributed by atoms with Crippen LogP contribution in [-0.4, -0.2) is 24.1 Å². The molecule has 0 atom stereocenters. The van der Waals surface area contributed by atoms with E-state index in [-0.39, 0.29) is 21.5 Å². The Bertz CT molecular complexity index is 431. The Morgan fingerprint density at radius 3 is 2.81 bits per heavy atom. The highest BCUT2D eigenvalue weighted by Crippen LogP contribution is 2.30. The van der Waals surface area contributed by atoms with E-state index >= 15 is 0 Å². The van der Waals surface area contributed by atoms with Gasteiger partial charge < -0.3 is 5.73 Å². The maximum Gasteiger partial charge on any atom is 0.279 e. The van der Waals surface area contributed by atoms with E-state index in [0.717, 1.165) is 6.42 Å². The molecule has 0 unspecified atom stereocenters. The predicted molar refractivity (Wildman–Crippen MR) is 62.5 cm³/mol. The second-order valence-corrected chi connectivity index (χ2v) is 4.24. The van der Waals surface area contributed by atoms with Gasteiger partial charge in [0.15, 0.2) is 0 Å². The number of halogens is 2. The third-order valence-corrected chi connectivity index (χ3v) is 3.06. The number of nitrogens with two attached hydrogens (primary N) is 1. The van der Waals surface area contributed by atoms with Crippen LogP contribution in [0.2, 0.25) is 10.0 Å². The minimum atomic E-state index is -0.309. The first kappa shape index (κ1) is 11.5. The van der Waals surface area contributed by atoms with Crippen molar-refractivity contribution in [3.8, 4) is 0 Å². The number of hydroxylamine groups is 2. The highest BCUT2D eigenvalue weighted by Gasteiger charge is 2.24. The lowest BCUT2D eigenvalue weighted by Gasteiger charge is -2.15. The van der Waals surface area contributed by atoms with Crippen LogP contribution < -0.4 is 5.73 Å². The molecule has 0 radical (unpaired) electrons. The Balaban J connectivity index is 2.35. The van der Waals surface area contributed by atoms with Crippen molar-refractivity contribution in [3.63, 3.8) is 0 Å².